The van der Waals surface area contributed by atoms with Crippen molar-refractivity contribution in [3.05, 3.63) is 24.3 Å². The van der Waals surface area contributed by atoms with Crippen LogP contribution in [0, 0.1) is 11.8 Å². The minimum absolute atomic E-state index is 0.00539. The first-order valence-corrected chi connectivity index (χ1v) is 20.0. The molecule has 0 unspecified atom stereocenters. The Morgan fingerprint density at radius 2 is 1.62 bits per heavy atom. The molecule has 10 aliphatic heterocycles. The van der Waals surface area contributed by atoms with Crippen LogP contribution in [-0.4, -0.2) is 128 Å². The van der Waals surface area contributed by atoms with Gasteiger partial charge < -0.3 is 53.5 Å². The molecule has 12 heteroatoms. The second-order valence-electron chi connectivity index (χ2n) is 17.3. The molecule has 12 bridgehead atoms. The zero-order chi connectivity index (χ0) is 38.4. The fraction of sp³-hybridized carbons (Fsp3) is 0.875. The molecule has 10 saturated heterocycles. The Morgan fingerprint density at radius 3 is 2.46 bits per heavy atom. The van der Waals surface area contributed by atoms with Crippen molar-refractivity contribution in [3.63, 3.8) is 0 Å². The summed E-state index contributed by atoms with van der Waals surface area (Å²) < 4.78 is 83.5. The molecule has 52 heavy (non-hydrogen) atoms. The summed E-state index contributed by atoms with van der Waals surface area (Å²) in [4.78, 5) is 14.2. The van der Waals surface area contributed by atoms with Crippen molar-refractivity contribution in [2.24, 2.45) is 17.6 Å². The molecule has 0 aromatic carbocycles. The first-order valence-electron chi connectivity index (χ1n) is 21.5. The summed E-state index contributed by atoms with van der Waals surface area (Å²) in [6.07, 6.45) is 1.03. The summed E-state index contributed by atoms with van der Waals surface area (Å²) in [5.74, 6) is -1.35. The summed E-state index contributed by atoms with van der Waals surface area (Å²) in [5, 5.41) is 10.6. The number of fused-ring (bicyclic) bond motifs is 6. The summed E-state index contributed by atoms with van der Waals surface area (Å²) in [5.41, 5.74) is 7.83. The molecule has 19 atom stereocenters. The molecule has 0 aliphatic carbocycles. The van der Waals surface area contributed by atoms with Crippen LogP contribution in [0.1, 0.15) is 94.5 Å². The zero-order valence-electron chi connectivity index (χ0n) is 33.3. The predicted octanol–water partition coefficient (Wildman–Crippen LogP) is 3.44. The third-order valence-electron chi connectivity index (χ3n) is 13.8. The maximum atomic E-state index is 14.2. The SMILES string of the molecule is [2H]C([2H])([2H])O[C@@H]1[C@H]2CC(=O)C[C@H]3CC[C@@H]4O[C@@H]5[C@H]6O[C@@H]7C[C@](CC[C@H]8CC(=C)[C@H](CC[C@H]9C[C@@H](C)C(=C)[C@@H](C[C@@H]2O[C@@H]1C[C@H](O)CN)O9)O8)(O[C@H]6[C@H]4O3)O[C@H]57. The molecule has 10 rings (SSSR count). The molecule has 0 saturated carbocycles. The number of hydrogen-bond donors (Lipinski definition) is 2. The molecule has 0 radical (unpaired) electrons. The van der Waals surface area contributed by atoms with Crippen LogP contribution in [0.4, 0.5) is 0 Å². The molecule has 0 aromatic heterocycles. The number of aliphatic hydroxyl groups excluding tert-OH is 1. The van der Waals surface area contributed by atoms with E-state index in [-0.39, 0.29) is 92.4 Å². The van der Waals surface area contributed by atoms with Crippen molar-refractivity contribution in [1.29, 1.82) is 0 Å². The summed E-state index contributed by atoms with van der Waals surface area (Å²) >= 11 is 0. The molecule has 10 heterocycles. The van der Waals surface area contributed by atoms with Gasteiger partial charge in [0.05, 0.1) is 71.3 Å². The lowest BCUT2D eigenvalue weighted by molar-refractivity contribution is -0.292. The molecule has 290 valence electrons. The van der Waals surface area contributed by atoms with Crippen LogP contribution in [0.15, 0.2) is 24.3 Å². The number of nitrogens with two attached hydrogens (primary N) is 1. The minimum Gasteiger partial charge on any atom is -0.392 e. The minimum atomic E-state index is -2.75. The maximum Gasteiger partial charge on any atom is 0.172 e. The van der Waals surface area contributed by atoms with Gasteiger partial charge in [-0.1, -0.05) is 20.1 Å². The van der Waals surface area contributed by atoms with Gasteiger partial charge in [-0.05, 0) is 62.0 Å². The Morgan fingerprint density at radius 1 is 0.846 bits per heavy atom. The second-order valence-corrected chi connectivity index (χ2v) is 17.3. The Bertz CT molecular complexity index is 1480. The molecular formula is C40H59NO11. The molecule has 10 fully saturated rings. The highest BCUT2D eigenvalue weighted by molar-refractivity contribution is 5.79. The second kappa shape index (κ2) is 14.3. The largest absolute Gasteiger partial charge is 0.392 e. The van der Waals surface area contributed by atoms with E-state index in [0.29, 0.717) is 32.1 Å². The maximum absolute atomic E-state index is 14.2. The fourth-order valence-corrected chi connectivity index (χ4v) is 11.1. The highest BCUT2D eigenvalue weighted by Gasteiger charge is 2.68. The first-order chi connectivity index (χ1) is 26.2. The van der Waals surface area contributed by atoms with Gasteiger partial charge >= 0.3 is 0 Å². The number of aliphatic hydroxyl groups is 1. The van der Waals surface area contributed by atoms with Crippen molar-refractivity contribution >= 4 is 5.78 Å². The van der Waals surface area contributed by atoms with Gasteiger partial charge in [-0.2, -0.15) is 0 Å². The van der Waals surface area contributed by atoms with Gasteiger partial charge in [-0.15, -0.1) is 0 Å². The standard InChI is InChI=1S/C40H59NO11/c1-19-11-24-5-7-28-20(2)12-26(45-28)9-10-40-17-33-36(51-40)37-38(50-33)39(52-40)35-29(49-37)8-6-25(47-35)13-22(42)14-27-31(16-30(46-24)21(19)3)48-32(34(27)44-4)15-23(43)18-41/h19,23-39,43H,2-3,5-18,41H2,1,4H3/t19-,23+,24+,25-,26+,27+,28+,29+,30-,31+,32-,33-,34-,35+,36+,37+,38-,39+,40+/m1/s1/i4D3. The van der Waals surface area contributed by atoms with E-state index in [1.54, 1.807) is 0 Å². The Balaban J connectivity index is 1.01. The lowest BCUT2D eigenvalue weighted by atomic mass is 9.81. The average molecular weight is 733 g/mol. The van der Waals surface area contributed by atoms with Crippen molar-refractivity contribution in [2.75, 3.05) is 13.6 Å². The molecule has 0 aromatic rings. The topological polar surface area (TPSA) is 146 Å². The molecule has 0 amide bonds. The third kappa shape index (κ3) is 6.59. The fourth-order valence-electron chi connectivity index (χ4n) is 11.1. The normalized spacial score (nSPS) is 53.5. The number of Topliss-reactive ketones (excluding diaryl/α,β-unsaturated/α-hetero) is 1. The average Bonchev–Trinajstić information content (AvgIpc) is 3.80. The van der Waals surface area contributed by atoms with Gasteiger partial charge in [0, 0.05) is 58.0 Å². The van der Waals surface area contributed by atoms with Crippen LogP contribution >= 0.6 is 0 Å². The third-order valence-corrected chi connectivity index (χ3v) is 13.8. The van der Waals surface area contributed by atoms with Gasteiger partial charge in [0.15, 0.2) is 5.79 Å². The van der Waals surface area contributed by atoms with E-state index in [4.69, 9.17) is 52.5 Å². The number of carbonyl (C=O) groups excluding carboxylic acids is 1. The van der Waals surface area contributed by atoms with Crippen LogP contribution in [0.3, 0.4) is 0 Å². The van der Waals surface area contributed by atoms with Gasteiger partial charge in [0.2, 0.25) is 0 Å². The number of ketones is 1. The molecule has 3 N–H and O–H groups in total. The number of methoxy groups -OCH3 is 1. The van der Waals surface area contributed by atoms with E-state index in [2.05, 4.69) is 20.1 Å². The number of carbonyl (C=O) groups is 1. The Hall–Kier alpha value is -1.29. The van der Waals surface area contributed by atoms with E-state index >= 15 is 0 Å². The molecule has 12 nitrogen and oxygen atoms in total. The molecule has 10 aliphatic rings. The van der Waals surface area contributed by atoms with Gasteiger partial charge in [-0.3, -0.25) is 4.79 Å². The van der Waals surface area contributed by atoms with Gasteiger partial charge in [0.1, 0.15) is 36.3 Å². The molecular weight excluding hydrogens is 670 g/mol. The van der Waals surface area contributed by atoms with Crippen molar-refractivity contribution in [2.45, 2.75) is 194 Å². The smallest absolute Gasteiger partial charge is 0.172 e. The number of ether oxygens (including phenoxy) is 9. The summed E-state index contributed by atoms with van der Waals surface area (Å²) in [7, 11) is -2.75. The van der Waals surface area contributed by atoms with Crippen LogP contribution < -0.4 is 5.73 Å². The van der Waals surface area contributed by atoms with Crippen molar-refractivity contribution in [1.82, 2.24) is 0 Å². The predicted molar refractivity (Wildman–Crippen MR) is 186 cm³/mol. The van der Waals surface area contributed by atoms with E-state index in [1.807, 2.05) is 0 Å². The first kappa shape index (κ1) is 32.9. The van der Waals surface area contributed by atoms with E-state index in [9.17, 15) is 9.90 Å². The highest BCUT2D eigenvalue weighted by Crippen LogP contribution is 2.54. The van der Waals surface area contributed by atoms with E-state index in [1.165, 1.54) is 0 Å². The Labute approximate surface area is 311 Å². The van der Waals surface area contributed by atoms with Crippen molar-refractivity contribution < 1.29 is 56.6 Å². The quantitative estimate of drug-likeness (QED) is 0.409. The number of hydrogen-bond acceptors (Lipinski definition) is 12. The highest BCUT2D eigenvalue weighted by atomic mass is 16.8. The lowest BCUT2D eigenvalue weighted by Crippen LogP contribution is -2.61. The van der Waals surface area contributed by atoms with Crippen molar-refractivity contribution in [3.8, 4) is 0 Å². The summed E-state index contributed by atoms with van der Waals surface area (Å²) in [6, 6.07) is 0. The van der Waals surface area contributed by atoms with Gasteiger partial charge in [-0.25, -0.2) is 0 Å². The van der Waals surface area contributed by atoms with Crippen LogP contribution in [-0.2, 0) is 47.4 Å². The Kier molecular flexibility index (Phi) is 9.07. The van der Waals surface area contributed by atoms with E-state index < -0.39 is 61.5 Å². The molecule has 1 spiro atoms. The van der Waals surface area contributed by atoms with Crippen LogP contribution in [0.2, 0.25) is 0 Å². The van der Waals surface area contributed by atoms with E-state index in [0.717, 1.165) is 43.3 Å². The zero-order valence-corrected chi connectivity index (χ0v) is 30.3. The number of rotatable bonds is 4. The van der Waals surface area contributed by atoms with Gasteiger partial charge in [0.25, 0.3) is 0 Å². The summed E-state index contributed by atoms with van der Waals surface area (Å²) in [6.45, 7) is 11.0. The van der Waals surface area contributed by atoms with Crippen LogP contribution in [0.5, 0.6) is 0 Å². The van der Waals surface area contributed by atoms with Crippen LogP contribution in [0.25, 0.3) is 0 Å². The monoisotopic (exact) mass is 732 g/mol. The lowest BCUT2D eigenvalue weighted by Gasteiger charge is -2.47.